The van der Waals surface area contributed by atoms with E-state index in [1.54, 1.807) is 0 Å². The minimum atomic E-state index is -0.569. The van der Waals surface area contributed by atoms with Crippen LogP contribution in [0.1, 0.15) is 30.1 Å². The van der Waals surface area contributed by atoms with Gasteiger partial charge in [-0.2, -0.15) is 5.26 Å². The predicted molar refractivity (Wildman–Crippen MR) is 64.6 cm³/mol. The molecule has 0 radical (unpaired) electrons. The van der Waals surface area contributed by atoms with Crippen LogP contribution in [-0.2, 0) is 0 Å². The van der Waals surface area contributed by atoms with Gasteiger partial charge in [0.15, 0.2) is 5.78 Å². The molecule has 0 spiro atoms. The SMILES string of the molecule is CCCC(C#N)C(=O)c1coc2ccccc12. The van der Waals surface area contributed by atoms with Crippen LogP contribution in [0, 0.1) is 17.2 Å². The van der Waals surface area contributed by atoms with Crippen molar-refractivity contribution in [2.75, 3.05) is 0 Å². The summed E-state index contributed by atoms with van der Waals surface area (Å²) in [5.41, 5.74) is 1.20. The zero-order chi connectivity index (χ0) is 12.3. The van der Waals surface area contributed by atoms with Gasteiger partial charge in [-0.25, -0.2) is 0 Å². The fourth-order valence-corrected chi connectivity index (χ4v) is 1.90. The second-order valence-electron chi connectivity index (χ2n) is 3.98. The van der Waals surface area contributed by atoms with Crippen molar-refractivity contribution >= 4 is 16.8 Å². The number of ketones is 1. The molecule has 0 saturated heterocycles. The number of benzene rings is 1. The van der Waals surface area contributed by atoms with Gasteiger partial charge in [0.2, 0.25) is 0 Å². The number of para-hydroxylation sites is 1. The maximum atomic E-state index is 12.2. The summed E-state index contributed by atoms with van der Waals surface area (Å²) in [4.78, 5) is 12.2. The zero-order valence-electron chi connectivity index (χ0n) is 9.64. The third-order valence-electron chi connectivity index (χ3n) is 2.80. The highest BCUT2D eigenvalue weighted by atomic mass is 16.3. The average Bonchev–Trinajstić information content (AvgIpc) is 2.79. The predicted octanol–water partition coefficient (Wildman–Crippen LogP) is 3.56. The number of furan rings is 1. The number of carbonyl (C=O) groups excluding carboxylic acids is 1. The summed E-state index contributed by atoms with van der Waals surface area (Å²) < 4.78 is 5.31. The second kappa shape index (κ2) is 4.84. The number of nitriles is 1. The molecule has 17 heavy (non-hydrogen) atoms. The number of hydrogen-bond donors (Lipinski definition) is 0. The number of nitrogens with zero attached hydrogens (tertiary/aromatic N) is 1. The summed E-state index contributed by atoms with van der Waals surface area (Å²) in [7, 11) is 0. The minimum Gasteiger partial charge on any atom is -0.464 e. The van der Waals surface area contributed by atoms with Crippen molar-refractivity contribution in [2.45, 2.75) is 19.8 Å². The highest BCUT2D eigenvalue weighted by Gasteiger charge is 2.22. The van der Waals surface area contributed by atoms with Gasteiger partial charge in [0.05, 0.1) is 11.6 Å². The van der Waals surface area contributed by atoms with Crippen molar-refractivity contribution in [3.63, 3.8) is 0 Å². The molecular formula is C14H13NO2. The van der Waals surface area contributed by atoms with Crippen molar-refractivity contribution < 1.29 is 9.21 Å². The van der Waals surface area contributed by atoms with Gasteiger partial charge in [0.1, 0.15) is 17.8 Å². The molecule has 0 aliphatic heterocycles. The Morgan fingerprint density at radius 2 is 2.24 bits per heavy atom. The number of rotatable bonds is 4. The first kappa shape index (κ1) is 11.4. The van der Waals surface area contributed by atoms with Crippen LogP contribution in [0.25, 0.3) is 11.0 Å². The lowest BCUT2D eigenvalue weighted by Crippen LogP contribution is -2.12. The molecule has 0 bridgehead atoms. The van der Waals surface area contributed by atoms with E-state index >= 15 is 0 Å². The lowest BCUT2D eigenvalue weighted by Gasteiger charge is -2.04. The van der Waals surface area contributed by atoms with E-state index in [1.807, 2.05) is 31.2 Å². The minimum absolute atomic E-state index is 0.140. The average molecular weight is 227 g/mol. The Balaban J connectivity index is 2.40. The molecule has 86 valence electrons. The topological polar surface area (TPSA) is 54.0 Å². The molecule has 0 fully saturated rings. The third-order valence-corrected chi connectivity index (χ3v) is 2.80. The largest absolute Gasteiger partial charge is 0.464 e. The molecule has 2 rings (SSSR count). The van der Waals surface area contributed by atoms with Crippen LogP contribution >= 0.6 is 0 Å². The van der Waals surface area contributed by atoms with E-state index in [2.05, 4.69) is 6.07 Å². The third kappa shape index (κ3) is 2.07. The molecule has 0 aliphatic carbocycles. The molecule has 3 heteroatoms. The Morgan fingerprint density at radius 1 is 1.47 bits per heavy atom. The standard InChI is InChI=1S/C14H13NO2/c1-2-5-10(8-15)14(16)12-9-17-13-7-4-3-6-11(12)13/h3-4,6-7,9-10H,2,5H2,1H3. The molecule has 1 heterocycles. The lowest BCUT2D eigenvalue weighted by molar-refractivity contribution is 0.0944. The summed E-state index contributed by atoms with van der Waals surface area (Å²) in [5, 5.41) is 9.78. The highest BCUT2D eigenvalue weighted by molar-refractivity contribution is 6.09. The quantitative estimate of drug-likeness (QED) is 0.750. The number of hydrogen-bond acceptors (Lipinski definition) is 3. The first-order valence-electron chi connectivity index (χ1n) is 5.68. The Morgan fingerprint density at radius 3 is 2.94 bits per heavy atom. The molecule has 1 aromatic heterocycles. The molecule has 0 aliphatic rings. The van der Waals surface area contributed by atoms with E-state index in [0.29, 0.717) is 17.6 Å². The van der Waals surface area contributed by atoms with E-state index in [9.17, 15) is 4.79 Å². The van der Waals surface area contributed by atoms with Gasteiger partial charge in [0, 0.05) is 5.39 Å². The molecule has 2 aromatic rings. The van der Waals surface area contributed by atoms with Gasteiger partial charge in [-0.15, -0.1) is 0 Å². The smallest absolute Gasteiger partial charge is 0.183 e. The van der Waals surface area contributed by atoms with Crippen molar-refractivity contribution in [1.82, 2.24) is 0 Å². The van der Waals surface area contributed by atoms with Crippen LogP contribution in [0.4, 0.5) is 0 Å². The first-order chi connectivity index (χ1) is 8.27. The van der Waals surface area contributed by atoms with E-state index in [1.165, 1.54) is 6.26 Å². The van der Waals surface area contributed by atoms with Crippen LogP contribution in [0.5, 0.6) is 0 Å². The van der Waals surface area contributed by atoms with Crippen LogP contribution in [0.15, 0.2) is 34.9 Å². The first-order valence-corrected chi connectivity index (χ1v) is 5.68. The molecule has 3 nitrogen and oxygen atoms in total. The monoisotopic (exact) mass is 227 g/mol. The second-order valence-corrected chi connectivity index (χ2v) is 3.98. The summed E-state index contributed by atoms with van der Waals surface area (Å²) in [6.07, 6.45) is 2.86. The van der Waals surface area contributed by atoms with Crippen molar-refractivity contribution in [3.8, 4) is 6.07 Å². The summed E-state index contributed by atoms with van der Waals surface area (Å²) in [5.74, 6) is -0.708. The number of Topliss-reactive ketones (excluding diaryl/α,β-unsaturated/α-hetero) is 1. The van der Waals surface area contributed by atoms with Gasteiger partial charge in [-0.05, 0) is 12.5 Å². The fraction of sp³-hybridized carbons (Fsp3) is 0.286. The van der Waals surface area contributed by atoms with E-state index in [-0.39, 0.29) is 5.78 Å². The van der Waals surface area contributed by atoms with Crippen molar-refractivity contribution in [3.05, 3.63) is 36.1 Å². The van der Waals surface area contributed by atoms with Crippen molar-refractivity contribution in [2.24, 2.45) is 5.92 Å². The Labute approximate surface area is 99.7 Å². The molecule has 1 unspecified atom stereocenters. The Kier molecular flexibility index (Phi) is 3.24. The molecule has 0 saturated carbocycles. The van der Waals surface area contributed by atoms with Crippen molar-refractivity contribution in [1.29, 1.82) is 5.26 Å². The zero-order valence-corrected chi connectivity index (χ0v) is 9.64. The summed E-state index contributed by atoms with van der Waals surface area (Å²) >= 11 is 0. The Bertz CT molecular complexity index is 577. The molecular weight excluding hydrogens is 214 g/mol. The maximum Gasteiger partial charge on any atom is 0.183 e. The molecule has 1 aromatic carbocycles. The number of fused-ring (bicyclic) bond motifs is 1. The van der Waals surface area contributed by atoms with Crippen LogP contribution in [0.3, 0.4) is 0 Å². The van der Waals surface area contributed by atoms with Gasteiger partial charge in [0.25, 0.3) is 0 Å². The van der Waals surface area contributed by atoms with E-state index < -0.39 is 5.92 Å². The van der Waals surface area contributed by atoms with E-state index in [4.69, 9.17) is 9.68 Å². The van der Waals surface area contributed by atoms with Crippen LogP contribution < -0.4 is 0 Å². The molecule has 0 amide bonds. The van der Waals surface area contributed by atoms with Gasteiger partial charge in [-0.1, -0.05) is 31.5 Å². The maximum absolute atomic E-state index is 12.2. The summed E-state index contributed by atoms with van der Waals surface area (Å²) in [6.45, 7) is 1.96. The van der Waals surface area contributed by atoms with E-state index in [0.717, 1.165) is 11.8 Å². The Hall–Kier alpha value is -2.08. The van der Waals surface area contributed by atoms with Crippen LogP contribution in [0.2, 0.25) is 0 Å². The lowest BCUT2D eigenvalue weighted by atomic mass is 9.95. The van der Waals surface area contributed by atoms with Gasteiger partial charge in [-0.3, -0.25) is 4.79 Å². The van der Waals surface area contributed by atoms with Crippen LogP contribution in [-0.4, -0.2) is 5.78 Å². The molecule has 0 N–H and O–H groups in total. The fourth-order valence-electron chi connectivity index (χ4n) is 1.90. The van der Waals surface area contributed by atoms with Gasteiger partial charge >= 0.3 is 0 Å². The highest BCUT2D eigenvalue weighted by Crippen LogP contribution is 2.24. The number of carbonyl (C=O) groups is 1. The summed E-state index contributed by atoms with van der Waals surface area (Å²) in [6, 6.07) is 9.43. The normalized spacial score (nSPS) is 12.2. The van der Waals surface area contributed by atoms with Gasteiger partial charge < -0.3 is 4.42 Å². The molecule has 1 atom stereocenters.